The van der Waals surface area contributed by atoms with Gasteiger partial charge in [0.05, 0.1) is 5.25 Å². The molecule has 3 atom stereocenters. The summed E-state index contributed by atoms with van der Waals surface area (Å²) in [5.41, 5.74) is 5.45. The van der Waals surface area contributed by atoms with Crippen LogP contribution in [-0.4, -0.2) is 32.4 Å². The van der Waals surface area contributed by atoms with Crippen LogP contribution >= 0.6 is 11.8 Å². The fraction of sp³-hybridized carbons (Fsp3) is 0.750. The Morgan fingerprint density at radius 1 is 1.53 bits per heavy atom. The Bertz CT molecular complexity index is 436. The van der Waals surface area contributed by atoms with Crippen molar-refractivity contribution in [3.8, 4) is 0 Å². The van der Waals surface area contributed by atoms with E-state index in [-0.39, 0.29) is 17.1 Å². The van der Waals surface area contributed by atoms with E-state index in [1.807, 2.05) is 6.92 Å². The highest BCUT2D eigenvalue weighted by atomic mass is 32.2. The number of nitrogens with one attached hydrogen (secondary N) is 2. The molecule has 106 valence electrons. The van der Waals surface area contributed by atoms with Crippen LogP contribution < -0.4 is 11.1 Å². The maximum atomic E-state index is 12.1. The highest BCUT2D eigenvalue weighted by Gasteiger charge is 2.25. The molecule has 1 aromatic heterocycles. The Kier molecular flexibility index (Phi) is 4.68. The molecule has 19 heavy (non-hydrogen) atoms. The van der Waals surface area contributed by atoms with Crippen LogP contribution in [0.15, 0.2) is 5.16 Å². The van der Waals surface area contributed by atoms with E-state index in [2.05, 4.69) is 27.4 Å². The molecule has 6 nitrogen and oxygen atoms in total. The molecule has 1 aromatic rings. The van der Waals surface area contributed by atoms with E-state index < -0.39 is 0 Å². The molecule has 4 N–H and O–H groups in total. The van der Waals surface area contributed by atoms with Gasteiger partial charge in [-0.05, 0) is 25.7 Å². The third kappa shape index (κ3) is 3.86. The number of H-pyrrole nitrogens is 1. The molecular weight excluding hydrogens is 262 g/mol. The first kappa shape index (κ1) is 14.2. The summed E-state index contributed by atoms with van der Waals surface area (Å²) in [4.78, 5) is 16.1. The second-order valence-corrected chi connectivity index (χ2v) is 6.45. The van der Waals surface area contributed by atoms with Crippen LogP contribution in [0.25, 0.3) is 0 Å². The number of nitrogens with zero attached hydrogens (tertiary/aromatic N) is 2. The van der Waals surface area contributed by atoms with Crippen LogP contribution in [0.5, 0.6) is 0 Å². The van der Waals surface area contributed by atoms with Gasteiger partial charge in [0.25, 0.3) is 0 Å². The van der Waals surface area contributed by atoms with Gasteiger partial charge in [0, 0.05) is 6.04 Å². The van der Waals surface area contributed by atoms with Crippen LogP contribution in [-0.2, 0) is 4.79 Å². The number of aromatic nitrogens is 3. The summed E-state index contributed by atoms with van der Waals surface area (Å²) < 4.78 is 0. The van der Waals surface area contributed by atoms with Gasteiger partial charge in [0.1, 0.15) is 0 Å². The van der Waals surface area contributed by atoms with Gasteiger partial charge in [0.15, 0.2) is 0 Å². The first-order valence-electron chi connectivity index (χ1n) is 6.71. The number of carbonyl (C=O) groups excluding carboxylic acids is 1. The van der Waals surface area contributed by atoms with Gasteiger partial charge in [-0.15, -0.1) is 5.10 Å². The molecule has 0 aliphatic heterocycles. The summed E-state index contributed by atoms with van der Waals surface area (Å²) in [6, 6.07) is 0.307. The number of anilines is 1. The number of thioether (sulfide) groups is 1. The van der Waals surface area contributed by atoms with Crippen molar-refractivity contribution in [3.05, 3.63) is 0 Å². The van der Waals surface area contributed by atoms with E-state index in [1.54, 1.807) is 0 Å². The van der Waals surface area contributed by atoms with E-state index in [1.165, 1.54) is 31.0 Å². The predicted molar refractivity (Wildman–Crippen MR) is 75.7 cm³/mol. The molecule has 0 unspecified atom stereocenters. The lowest BCUT2D eigenvalue weighted by molar-refractivity contribution is -0.121. The van der Waals surface area contributed by atoms with Crippen molar-refractivity contribution in [2.24, 2.45) is 5.92 Å². The molecule has 1 aliphatic carbocycles. The molecular formula is C12H21N5OS. The number of nitrogens with two attached hydrogens (primary N) is 1. The number of hydrogen-bond donors (Lipinski definition) is 3. The smallest absolute Gasteiger partial charge is 0.233 e. The van der Waals surface area contributed by atoms with Crippen molar-refractivity contribution in [2.75, 3.05) is 5.73 Å². The average molecular weight is 283 g/mol. The number of aromatic amines is 1. The summed E-state index contributed by atoms with van der Waals surface area (Å²) in [7, 11) is 0. The van der Waals surface area contributed by atoms with Gasteiger partial charge < -0.3 is 11.1 Å². The second-order valence-electron chi connectivity index (χ2n) is 5.14. The molecule has 0 radical (unpaired) electrons. The van der Waals surface area contributed by atoms with Crippen molar-refractivity contribution >= 4 is 23.6 Å². The van der Waals surface area contributed by atoms with Crippen molar-refractivity contribution in [1.82, 2.24) is 20.5 Å². The summed E-state index contributed by atoms with van der Waals surface area (Å²) >= 11 is 1.32. The minimum atomic E-state index is -0.218. The number of hydrogen-bond acceptors (Lipinski definition) is 5. The van der Waals surface area contributed by atoms with E-state index in [0.717, 1.165) is 6.42 Å². The zero-order valence-electron chi connectivity index (χ0n) is 11.3. The predicted octanol–water partition coefficient (Wildman–Crippen LogP) is 1.56. The zero-order valence-corrected chi connectivity index (χ0v) is 12.2. The van der Waals surface area contributed by atoms with Gasteiger partial charge in [-0.1, -0.05) is 31.5 Å². The normalized spacial score (nSPS) is 24.9. The van der Waals surface area contributed by atoms with Crippen LogP contribution in [0.4, 0.5) is 5.95 Å². The Labute approximate surface area is 117 Å². The summed E-state index contributed by atoms with van der Waals surface area (Å²) in [6.45, 7) is 4.07. The maximum absolute atomic E-state index is 12.1. The molecule has 0 bridgehead atoms. The Morgan fingerprint density at radius 3 is 2.89 bits per heavy atom. The standard InChI is InChI=1S/C12H21N5OS/c1-7-5-3-4-6-9(7)14-10(18)8(2)19-12-15-11(13)16-17-12/h7-9H,3-6H2,1-2H3,(H,14,18)(H3,13,15,16,17)/t7-,8+,9-/m1/s1. The zero-order chi connectivity index (χ0) is 13.8. The quantitative estimate of drug-likeness (QED) is 0.729. The monoisotopic (exact) mass is 283 g/mol. The van der Waals surface area contributed by atoms with Gasteiger partial charge in [0.2, 0.25) is 17.0 Å². The molecule has 1 aliphatic rings. The first-order chi connectivity index (χ1) is 9.06. The van der Waals surface area contributed by atoms with Gasteiger partial charge in [-0.25, -0.2) is 5.10 Å². The molecule has 0 spiro atoms. The molecule has 2 rings (SSSR count). The molecule has 0 saturated heterocycles. The van der Waals surface area contributed by atoms with Gasteiger partial charge in [-0.3, -0.25) is 4.79 Å². The Balaban J connectivity index is 1.85. The number of amides is 1. The fourth-order valence-electron chi connectivity index (χ4n) is 2.35. The highest BCUT2D eigenvalue weighted by molar-refractivity contribution is 8.00. The van der Waals surface area contributed by atoms with Crippen LogP contribution in [0.3, 0.4) is 0 Å². The van der Waals surface area contributed by atoms with Gasteiger partial charge >= 0.3 is 0 Å². The highest BCUT2D eigenvalue weighted by Crippen LogP contribution is 2.25. The molecule has 0 aromatic carbocycles. The van der Waals surface area contributed by atoms with Crippen molar-refractivity contribution in [1.29, 1.82) is 0 Å². The third-order valence-corrected chi connectivity index (χ3v) is 4.53. The summed E-state index contributed by atoms with van der Waals surface area (Å²) in [5.74, 6) is 0.886. The van der Waals surface area contributed by atoms with Crippen LogP contribution in [0.2, 0.25) is 0 Å². The van der Waals surface area contributed by atoms with E-state index in [0.29, 0.717) is 17.1 Å². The lowest BCUT2D eigenvalue weighted by atomic mass is 9.86. The molecule has 1 saturated carbocycles. The third-order valence-electron chi connectivity index (χ3n) is 3.57. The largest absolute Gasteiger partial charge is 0.368 e. The minimum Gasteiger partial charge on any atom is -0.368 e. The lowest BCUT2D eigenvalue weighted by Gasteiger charge is -2.30. The molecule has 1 fully saturated rings. The number of rotatable bonds is 4. The van der Waals surface area contributed by atoms with Crippen molar-refractivity contribution < 1.29 is 4.79 Å². The molecule has 1 heterocycles. The second kappa shape index (κ2) is 6.27. The average Bonchev–Trinajstić information content (AvgIpc) is 2.77. The maximum Gasteiger partial charge on any atom is 0.233 e. The fourth-order valence-corrected chi connectivity index (χ4v) is 3.09. The summed E-state index contributed by atoms with van der Waals surface area (Å²) in [6.07, 6.45) is 4.75. The van der Waals surface area contributed by atoms with Crippen molar-refractivity contribution in [2.45, 2.75) is 56.0 Å². The van der Waals surface area contributed by atoms with Crippen LogP contribution in [0, 0.1) is 5.92 Å². The Hall–Kier alpha value is -1.24. The first-order valence-corrected chi connectivity index (χ1v) is 7.59. The SMILES string of the molecule is C[C@H](Sc1n[nH]c(N)n1)C(=O)N[C@@H]1CCCC[C@H]1C. The van der Waals surface area contributed by atoms with Crippen LogP contribution in [0.1, 0.15) is 39.5 Å². The molecule has 7 heteroatoms. The Morgan fingerprint density at radius 2 is 2.26 bits per heavy atom. The lowest BCUT2D eigenvalue weighted by Crippen LogP contribution is -2.44. The number of nitrogen functional groups attached to an aromatic ring is 1. The summed E-state index contributed by atoms with van der Waals surface area (Å²) in [5, 5.41) is 9.92. The minimum absolute atomic E-state index is 0.0483. The molecule has 1 amide bonds. The van der Waals surface area contributed by atoms with Gasteiger partial charge in [-0.2, -0.15) is 4.98 Å². The topological polar surface area (TPSA) is 96.7 Å². The number of carbonyl (C=O) groups is 1. The van der Waals surface area contributed by atoms with E-state index in [9.17, 15) is 4.79 Å². The van der Waals surface area contributed by atoms with E-state index >= 15 is 0 Å². The van der Waals surface area contributed by atoms with E-state index in [4.69, 9.17) is 5.73 Å². The van der Waals surface area contributed by atoms with Crippen molar-refractivity contribution in [3.63, 3.8) is 0 Å².